The smallest absolute Gasteiger partial charge is 0.258 e. The van der Waals surface area contributed by atoms with Crippen molar-refractivity contribution in [2.75, 3.05) is 19.7 Å². The van der Waals surface area contributed by atoms with E-state index in [1.165, 1.54) is 0 Å². The number of ether oxygens (including phenoxy) is 1. The minimum absolute atomic E-state index is 0.00667. The van der Waals surface area contributed by atoms with E-state index in [4.69, 9.17) is 16.3 Å². The molecule has 1 aliphatic heterocycles. The second-order valence-corrected chi connectivity index (χ2v) is 7.71. The number of para-hydroxylation sites is 1. The van der Waals surface area contributed by atoms with Gasteiger partial charge in [0.05, 0.1) is 6.42 Å². The lowest BCUT2D eigenvalue weighted by molar-refractivity contribution is -0.131. The number of carbonyl (C=O) groups is 2. The van der Waals surface area contributed by atoms with Crippen LogP contribution >= 0.6 is 11.6 Å². The summed E-state index contributed by atoms with van der Waals surface area (Å²) < 4.78 is 5.68. The minimum atomic E-state index is -0.123. The lowest BCUT2D eigenvalue weighted by Crippen LogP contribution is -2.47. The van der Waals surface area contributed by atoms with Crippen molar-refractivity contribution >= 4 is 23.4 Å². The Morgan fingerprint density at radius 1 is 1.10 bits per heavy atom. The lowest BCUT2D eigenvalue weighted by atomic mass is 10.0. The van der Waals surface area contributed by atoms with Gasteiger partial charge in [-0.25, -0.2) is 0 Å². The number of benzene rings is 2. The zero-order chi connectivity index (χ0) is 20.6. The Hall–Kier alpha value is -2.53. The Bertz CT molecular complexity index is 830. The summed E-state index contributed by atoms with van der Waals surface area (Å²) in [4.78, 5) is 26.6. The van der Waals surface area contributed by atoms with Gasteiger partial charge in [0.25, 0.3) is 5.91 Å². The van der Waals surface area contributed by atoms with Crippen LogP contribution in [-0.2, 0) is 22.4 Å². The monoisotopic (exact) mass is 414 g/mol. The Labute approximate surface area is 177 Å². The average molecular weight is 415 g/mol. The fourth-order valence-corrected chi connectivity index (χ4v) is 3.64. The molecule has 0 radical (unpaired) electrons. The summed E-state index contributed by atoms with van der Waals surface area (Å²) in [6.45, 7) is 3.37. The van der Waals surface area contributed by atoms with Crippen LogP contribution in [0.25, 0.3) is 0 Å². The summed E-state index contributed by atoms with van der Waals surface area (Å²) in [6.07, 6.45) is 2.74. The van der Waals surface area contributed by atoms with Gasteiger partial charge in [-0.3, -0.25) is 9.59 Å². The summed E-state index contributed by atoms with van der Waals surface area (Å²) in [5.74, 6) is 0.742. The van der Waals surface area contributed by atoms with Gasteiger partial charge >= 0.3 is 0 Å². The predicted octanol–water partition coefficient (Wildman–Crippen LogP) is 3.63. The molecule has 0 aromatic heterocycles. The maximum Gasteiger partial charge on any atom is 0.258 e. The summed E-state index contributed by atoms with van der Waals surface area (Å²) in [5.41, 5.74) is 2.05. The van der Waals surface area contributed by atoms with Gasteiger partial charge < -0.3 is 15.0 Å². The largest absolute Gasteiger partial charge is 0.483 e. The molecule has 154 valence electrons. The first-order valence-corrected chi connectivity index (χ1v) is 10.4. The number of carbonyl (C=O) groups excluding carboxylic acids is 2. The number of halogens is 1. The maximum atomic E-state index is 12.5. The Kier molecular flexibility index (Phi) is 7.53. The highest BCUT2D eigenvalue weighted by molar-refractivity contribution is 6.30. The molecule has 1 aliphatic rings. The lowest BCUT2D eigenvalue weighted by Gasteiger charge is -2.32. The highest BCUT2D eigenvalue weighted by atomic mass is 35.5. The van der Waals surface area contributed by atoms with Crippen LogP contribution in [0.5, 0.6) is 5.75 Å². The number of hydrogen-bond donors (Lipinski definition) is 1. The van der Waals surface area contributed by atoms with Crippen LogP contribution in [0.15, 0.2) is 48.5 Å². The number of piperidine rings is 1. The van der Waals surface area contributed by atoms with Crippen molar-refractivity contribution in [1.29, 1.82) is 0 Å². The highest BCUT2D eigenvalue weighted by Gasteiger charge is 2.24. The Morgan fingerprint density at radius 3 is 2.48 bits per heavy atom. The Morgan fingerprint density at radius 2 is 1.79 bits per heavy atom. The van der Waals surface area contributed by atoms with Crippen molar-refractivity contribution in [3.8, 4) is 5.75 Å². The Balaban J connectivity index is 1.40. The van der Waals surface area contributed by atoms with Crippen LogP contribution in [0.4, 0.5) is 0 Å². The zero-order valence-corrected chi connectivity index (χ0v) is 17.5. The van der Waals surface area contributed by atoms with Gasteiger partial charge in [0.1, 0.15) is 5.75 Å². The van der Waals surface area contributed by atoms with E-state index in [1.807, 2.05) is 41.3 Å². The van der Waals surface area contributed by atoms with E-state index in [-0.39, 0.29) is 24.5 Å². The third-order valence-electron chi connectivity index (χ3n) is 5.19. The normalized spacial score (nSPS) is 14.5. The van der Waals surface area contributed by atoms with Crippen molar-refractivity contribution in [3.05, 3.63) is 64.7 Å². The molecular formula is C23H27ClN2O3. The van der Waals surface area contributed by atoms with E-state index in [1.54, 1.807) is 12.1 Å². The maximum absolute atomic E-state index is 12.5. The van der Waals surface area contributed by atoms with Gasteiger partial charge in [-0.2, -0.15) is 0 Å². The first kappa shape index (κ1) is 21.2. The zero-order valence-electron chi connectivity index (χ0n) is 16.7. The molecule has 2 aromatic carbocycles. The van der Waals surface area contributed by atoms with E-state index in [9.17, 15) is 9.59 Å². The average Bonchev–Trinajstić information content (AvgIpc) is 2.74. The van der Waals surface area contributed by atoms with Gasteiger partial charge in [-0.05, 0) is 48.6 Å². The standard InChI is InChI=1S/C23H27ClN2O3/c1-2-18-5-3-4-6-21(18)29-16-22(27)25-20-11-13-26(14-12-20)23(28)15-17-7-9-19(24)10-8-17/h3-10,20H,2,11-16H2,1H3,(H,25,27). The number of rotatable bonds is 7. The molecule has 0 unspecified atom stereocenters. The van der Waals surface area contributed by atoms with Crippen molar-refractivity contribution in [1.82, 2.24) is 10.2 Å². The van der Waals surface area contributed by atoms with Crippen molar-refractivity contribution < 1.29 is 14.3 Å². The third kappa shape index (κ3) is 6.23. The second kappa shape index (κ2) is 10.3. The molecule has 0 aliphatic carbocycles. The van der Waals surface area contributed by atoms with E-state index >= 15 is 0 Å². The molecule has 0 saturated carbocycles. The molecule has 0 bridgehead atoms. The van der Waals surface area contributed by atoms with Crippen LogP contribution in [0, 0.1) is 0 Å². The number of likely N-dealkylation sites (tertiary alicyclic amines) is 1. The number of aryl methyl sites for hydroxylation is 1. The van der Waals surface area contributed by atoms with Crippen LogP contribution in [0.2, 0.25) is 5.02 Å². The van der Waals surface area contributed by atoms with Gasteiger partial charge in [-0.15, -0.1) is 0 Å². The number of nitrogens with one attached hydrogen (secondary N) is 1. The van der Waals surface area contributed by atoms with Gasteiger partial charge in [-0.1, -0.05) is 48.9 Å². The van der Waals surface area contributed by atoms with E-state index in [0.29, 0.717) is 24.5 Å². The minimum Gasteiger partial charge on any atom is -0.483 e. The topological polar surface area (TPSA) is 58.6 Å². The molecule has 29 heavy (non-hydrogen) atoms. The fourth-order valence-electron chi connectivity index (χ4n) is 3.51. The number of amides is 2. The van der Waals surface area contributed by atoms with Crippen LogP contribution in [0.1, 0.15) is 30.9 Å². The van der Waals surface area contributed by atoms with Gasteiger partial charge in [0.15, 0.2) is 6.61 Å². The van der Waals surface area contributed by atoms with E-state index in [0.717, 1.165) is 36.1 Å². The predicted molar refractivity (Wildman–Crippen MR) is 114 cm³/mol. The SMILES string of the molecule is CCc1ccccc1OCC(=O)NC1CCN(C(=O)Cc2ccc(Cl)cc2)CC1. The summed E-state index contributed by atoms with van der Waals surface area (Å²) in [7, 11) is 0. The molecule has 6 heteroatoms. The van der Waals surface area contributed by atoms with Crippen LogP contribution < -0.4 is 10.1 Å². The molecule has 0 atom stereocenters. The van der Waals surface area contributed by atoms with Gasteiger partial charge in [0.2, 0.25) is 5.91 Å². The molecule has 0 spiro atoms. The van der Waals surface area contributed by atoms with Crippen molar-refractivity contribution in [2.24, 2.45) is 0 Å². The molecule has 1 N–H and O–H groups in total. The molecule has 1 heterocycles. The van der Waals surface area contributed by atoms with Crippen molar-refractivity contribution in [3.63, 3.8) is 0 Å². The molecule has 2 amide bonds. The van der Waals surface area contributed by atoms with E-state index < -0.39 is 0 Å². The molecule has 3 rings (SSSR count). The quantitative estimate of drug-likeness (QED) is 0.752. The van der Waals surface area contributed by atoms with Crippen LogP contribution in [-0.4, -0.2) is 42.5 Å². The van der Waals surface area contributed by atoms with E-state index in [2.05, 4.69) is 12.2 Å². The molecule has 1 fully saturated rings. The van der Waals surface area contributed by atoms with Gasteiger partial charge in [0, 0.05) is 24.2 Å². The first-order chi connectivity index (χ1) is 14.0. The summed E-state index contributed by atoms with van der Waals surface area (Å²) >= 11 is 5.89. The first-order valence-electron chi connectivity index (χ1n) is 10.1. The summed E-state index contributed by atoms with van der Waals surface area (Å²) in [5, 5.41) is 3.69. The van der Waals surface area contributed by atoms with Crippen molar-refractivity contribution in [2.45, 2.75) is 38.6 Å². The summed E-state index contributed by atoms with van der Waals surface area (Å²) in [6, 6.07) is 15.2. The highest BCUT2D eigenvalue weighted by Crippen LogP contribution is 2.18. The molecule has 5 nitrogen and oxygen atoms in total. The molecule has 1 saturated heterocycles. The fraction of sp³-hybridized carbons (Fsp3) is 0.391. The molecular weight excluding hydrogens is 388 g/mol. The number of hydrogen-bond acceptors (Lipinski definition) is 3. The third-order valence-corrected chi connectivity index (χ3v) is 5.45. The number of nitrogens with zero attached hydrogens (tertiary/aromatic N) is 1. The molecule has 2 aromatic rings. The van der Waals surface area contributed by atoms with Crippen LogP contribution in [0.3, 0.4) is 0 Å². The second-order valence-electron chi connectivity index (χ2n) is 7.28.